The van der Waals surface area contributed by atoms with Crippen molar-refractivity contribution in [2.24, 2.45) is 10.7 Å². The number of guanidine groups is 1. The Hall–Kier alpha value is -2.09. The fourth-order valence-corrected chi connectivity index (χ4v) is 0.761. The molecule has 0 aliphatic rings. The van der Waals surface area contributed by atoms with Gasteiger partial charge in [-0.2, -0.15) is 5.26 Å². The largest absolute Gasteiger partial charge is 0.369 e. The van der Waals surface area contributed by atoms with Gasteiger partial charge in [-0.05, 0) is 17.7 Å². The summed E-state index contributed by atoms with van der Waals surface area (Å²) >= 11 is 0. The van der Waals surface area contributed by atoms with Crippen molar-refractivity contribution in [1.82, 2.24) is 10.3 Å². The normalized spacial score (nSPS) is 10.5. The molecule has 0 aromatic carbocycles. The molecule has 3 N–H and O–H groups in total. The van der Waals surface area contributed by atoms with Gasteiger partial charge in [-0.25, -0.2) is 4.99 Å². The predicted molar refractivity (Wildman–Crippen MR) is 48.3 cm³/mol. The van der Waals surface area contributed by atoms with E-state index in [-0.39, 0.29) is 5.96 Å². The zero-order valence-corrected chi connectivity index (χ0v) is 6.94. The molecule has 1 heterocycles. The molecule has 0 amide bonds. The Morgan fingerprint density at radius 3 is 2.92 bits per heavy atom. The number of hydrogen-bond donors (Lipinski definition) is 2. The average Bonchev–Trinajstić information content (AvgIpc) is 2.17. The van der Waals surface area contributed by atoms with Crippen LogP contribution in [-0.4, -0.2) is 10.9 Å². The third-order valence-corrected chi connectivity index (χ3v) is 1.37. The van der Waals surface area contributed by atoms with E-state index in [1.807, 2.05) is 12.1 Å². The number of nitriles is 1. The van der Waals surface area contributed by atoms with Gasteiger partial charge < -0.3 is 5.73 Å². The first-order chi connectivity index (χ1) is 6.33. The van der Waals surface area contributed by atoms with E-state index in [9.17, 15) is 0 Å². The monoisotopic (exact) mass is 175 g/mol. The van der Waals surface area contributed by atoms with Crippen LogP contribution < -0.4 is 11.1 Å². The summed E-state index contributed by atoms with van der Waals surface area (Å²) in [4.78, 5) is 7.78. The molecule has 0 fully saturated rings. The van der Waals surface area contributed by atoms with Crippen LogP contribution in [0.15, 0.2) is 29.5 Å². The Labute approximate surface area is 75.9 Å². The lowest BCUT2D eigenvalue weighted by atomic mass is 10.3. The molecule has 0 bridgehead atoms. The summed E-state index contributed by atoms with van der Waals surface area (Å²) in [6.45, 7) is 0.447. The van der Waals surface area contributed by atoms with Gasteiger partial charge >= 0.3 is 0 Å². The predicted octanol–water partition coefficient (Wildman–Crippen LogP) is -0.0330. The molecule has 5 nitrogen and oxygen atoms in total. The lowest BCUT2D eigenvalue weighted by Gasteiger charge is -1.96. The highest BCUT2D eigenvalue weighted by Crippen LogP contribution is 1.97. The summed E-state index contributed by atoms with van der Waals surface area (Å²) < 4.78 is 0. The van der Waals surface area contributed by atoms with Crippen molar-refractivity contribution >= 4 is 5.96 Å². The van der Waals surface area contributed by atoms with Crippen molar-refractivity contribution in [2.75, 3.05) is 0 Å². The van der Waals surface area contributed by atoms with Crippen LogP contribution in [0.1, 0.15) is 5.56 Å². The topological polar surface area (TPSA) is 87.1 Å². The minimum absolute atomic E-state index is 0.124. The lowest BCUT2D eigenvalue weighted by molar-refractivity contribution is 1.02. The van der Waals surface area contributed by atoms with Crippen LogP contribution in [0.2, 0.25) is 0 Å². The molecule has 0 atom stereocenters. The van der Waals surface area contributed by atoms with Gasteiger partial charge in [-0.3, -0.25) is 10.3 Å². The SMILES string of the molecule is N#CNC(N)=NCc1ccncc1. The van der Waals surface area contributed by atoms with Gasteiger partial charge in [0.2, 0.25) is 5.96 Å². The first-order valence-electron chi connectivity index (χ1n) is 3.67. The van der Waals surface area contributed by atoms with Crippen molar-refractivity contribution in [2.45, 2.75) is 6.54 Å². The van der Waals surface area contributed by atoms with E-state index in [1.165, 1.54) is 0 Å². The second kappa shape index (κ2) is 4.72. The molecular formula is C8H9N5. The van der Waals surface area contributed by atoms with Crippen LogP contribution in [0.5, 0.6) is 0 Å². The molecule has 1 rings (SSSR count). The Morgan fingerprint density at radius 2 is 2.31 bits per heavy atom. The highest BCUT2D eigenvalue weighted by atomic mass is 15.1. The maximum absolute atomic E-state index is 8.20. The molecule has 1 aromatic heterocycles. The van der Waals surface area contributed by atoms with E-state index in [0.717, 1.165) is 5.56 Å². The van der Waals surface area contributed by atoms with Crippen LogP contribution in [0.25, 0.3) is 0 Å². The summed E-state index contributed by atoms with van der Waals surface area (Å²) in [5.41, 5.74) is 6.33. The molecule has 0 aliphatic heterocycles. The van der Waals surface area contributed by atoms with E-state index in [1.54, 1.807) is 18.6 Å². The molecule has 0 saturated carbocycles. The molecule has 0 saturated heterocycles. The summed E-state index contributed by atoms with van der Waals surface area (Å²) in [5, 5.41) is 10.4. The summed E-state index contributed by atoms with van der Waals surface area (Å²) in [5.74, 6) is 0.124. The van der Waals surface area contributed by atoms with Gasteiger partial charge in [0.1, 0.15) is 0 Å². The van der Waals surface area contributed by atoms with Crippen LogP contribution in [0.4, 0.5) is 0 Å². The fraction of sp³-hybridized carbons (Fsp3) is 0.125. The van der Waals surface area contributed by atoms with Crippen molar-refractivity contribution in [1.29, 1.82) is 5.26 Å². The molecule has 0 unspecified atom stereocenters. The number of rotatable bonds is 2. The Kier molecular flexibility index (Phi) is 3.27. The first-order valence-corrected chi connectivity index (χ1v) is 3.67. The van der Waals surface area contributed by atoms with Crippen molar-refractivity contribution in [3.63, 3.8) is 0 Å². The zero-order chi connectivity index (χ0) is 9.52. The van der Waals surface area contributed by atoms with E-state index in [2.05, 4.69) is 15.3 Å². The maximum Gasteiger partial charge on any atom is 0.202 e. The molecule has 0 aliphatic carbocycles. The van der Waals surface area contributed by atoms with Gasteiger partial charge in [0.05, 0.1) is 6.54 Å². The summed E-state index contributed by atoms with van der Waals surface area (Å²) in [6, 6.07) is 3.67. The minimum atomic E-state index is 0.124. The average molecular weight is 175 g/mol. The van der Waals surface area contributed by atoms with Crippen LogP contribution >= 0.6 is 0 Å². The highest BCUT2D eigenvalue weighted by molar-refractivity contribution is 5.79. The molecule has 5 heteroatoms. The van der Waals surface area contributed by atoms with Crippen LogP contribution in [0, 0.1) is 11.5 Å². The van der Waals surface area contributed by atoms with Gasteiger partial charge in [0.25, 0.3) is 0 Å². The standard InChI is InChI=1S/C8H9N5/c9-6-13-8(10)12-5-7-1-3-11-4-2-7/h1-4H,5H2,(H3,10,12,13). The molecule has 0 radical (unpaired) electrons. The third kappa shape index (κ3) is 3.20. The Bertz CT molecular complexity index is 324. The number of hydrogen-bond acceptors (Lipinski definition) is 3. The number of aliphatic imine (C=N–C) groups is 1. The quantitative estimate of drug-likeness (QED) is 0.286. The highest BCUT2D eigenvalue weighted by Gasteiger charge is 1.90. The third-order valence-electron chi connectivity index (χ3n) is 1.37. The van der Waals surface area contributed by atoms with E-state index in [4.69, 9.17) is 11.0 Å². The summed E-state index contributed by atoms with van der Waals surface area (Å²) in [6.07, 6.45) is 5.04. The number of nitrogens with two attached hydrogens (primary N) is 1. The van der Waals surface area contributed by atoms with Crippen LogP contribution in [-0.2, 0) is 6.54 Å². The fourth-order valence-electron chi connectivity index (χ4n) is 0.761. The molecule has 1 aromatic rings. The van der Waals surface area contributed by atoms with Gasteiger partial charge in [0, 0.05) is 12.4 Å². The molecule has 13 heavy (non-hydrogen) atoms. The van der Waals surface area contributed by atoms with Crippen LogP contribution in [0.3, 0.4) is 0 Å². The maximum atomic E-state index is 8.20. The number of aromatic nitrogens is 1. The number of nitrogens with zero attached hydrogens (tertiary/aromatic N) is 3. The van der Waals surface area contributed by atoms with Gasteiger partial charge in [0.15, 0.2) is 6.19 Å². The summed E-state index contributed by atoms with van der Waals surface area (Å²) in [7, 11) is 0. The lowest BCUT2D eigenvalue weighted by Crippen LogP contribution is -2.27. The molecule has 0 spiro atoms. The molecule has 66 valence electrons. The Morgan fingerprint density at radius 1 is 1.62 bits per heavy atom. The van der Waals surface area contributed by atoms with Crippen molar-refractivity contribution in [3.8, 4) is 6.19 Å². The molecular weight excluding hydrogens is 166 g/mol. The minimum Gasteiger partial charge on any atom is -0.369 e. The van der Waals surface area contributed by atoms with Gasteiger partial charge in [-0.15, -0.1) is 0 Å². The second-order valence-corrected chi connectivity index (χ2v) is 2.29. The number of pyridine rings is 1. The zero-order valence-electron chi connectivity index (χ0n) is 6.94. The van der Waals surface area contributed by atoms with E-state index in [0.29, 0.717) is 6.54 Å². The van der Waals surface area contributed by atoms with Crippen molar-refractivity contribution in [3.05, 3.63) is 30.1 Å². The number of nitrogens with one attached hydrogen (secondary N) is 1. The second-order valence-electron chi connectivity index (χ2n) is 2.29. The smallest absolute Gasteiger partial charge is 0.202 e. The Balaban J connectivity index is 2.53. The van der Waals surface area contributed by atoms with E-state index < -0.39 is 0 Å². The van der Waals surface area contributed by atoms with Crippen molar-refractivity contribution < 1.29 is 0 Å². The van der Waals surface area contributed by atoms with Gasteiger partial charge in [-0.1, -0.05) is 0 Å². The first kappa shape index (κ1) is 9.00. The van der Waals surface area contributed by atoms with E-state index >= 15 is 0 Å².